The first kappa shape index (κ1) is 35.2. The van der Waals surface area contributed by atoms with Crippen LogP contribution in [-0.4, -0.2) is 138 Å². The molecule has 7 rings (SSSR count). The van der Waals surface area contributed by atoms with Gasteiger partial charge < -0.3 is 39.3 Å². The summed E-state index contributed by atoms with van der Waals surface area (Å²) < 4.78 is 18.5. The third kappa shape index (κ3) is 8.14. The molecule has 12 heteroatoms. The van der Waals surface area contributed by atoms with Crippen molar-refractivity contribution in [3.8, 4) is 17.0 Å². The number of aromatic hydroxyl groups is 1. The predicted molar refractivity (Wildman–Crippen MR) is 194 cm³/mol. The van der Waals surface area contributed by atoms with Gasteiger partial charge in [-0.2, -0.15) is 0 Å². The van der Waals surface area contributed by atoms with Gasteiger partial charge in [0.15, 0.2) is 5.82 Å². The van der Waals surface area contributed by atoms with Crippen LogP contribution >= 0.6 is 0 Å². The average Bonchev–Trinajstić information content (AvgIpc) is 3.06. The summed E-state index contributed by atoms with van der Waals surface area (Å²) >= 11 is 0. The molecular weight excluding hydrogens is 634 g/mol. The van der Waals surface area contributed by atoms with Gasteiger partial charge in [0, 0.05) is 64.0 Å². The van der Waals surface area contributed by atoms with Gasteiger partial charge in [0.25, 0.3) is 0 Å². The quantitative estimate of drug-likeness (QED) is 0.377. The summed E-state index contributed by atoms with van der Waals surface area (Å²) in [5.41, 5.74) is 1.76. The molecule has 5 fully saturated rings. The molecule has 1 spiro atoms. The Morgan fingerprint density at radius 1 is 1.00 bits per heavy atom. The number of benzene rings is 1. The lowest BCUT2D eigenvalue weighted by Gasteiger charge is -2.55. The topological polar surface area (TPSA) is 116 Å². The largest absolute Gasteiger partial charge is 0.507 e. The highest BCUT2D eigenvalue weighted by atomic mass is 16.6. The molecule has 0 bridgehead atoms. The molecule has 1 saturated carbocycles. The van der Waals surface area contributed by atoms with Crippen molar-refractivity contribution in [1.82, 2.24) is 24.9 Å². The van der Waals surface area contributed by atoms with Crippen molar-refractivity contribution in [2.45, 2.75) is 95.7 Å². The summed E-state index contributed by atoms with van der Waals surface area (Å²) in [6, 6.07) is 10.00. The fourth-order valence-electron chi connectivity index (χ4n) is 8.46. The smallest absolute Gasteiger partial charge is 0.410 e. The maximum Gasteiger partial charge on any atom is 0.410 e. The second-order valence-electron chi connectivity index (χ2n) is 16.2. The van der Waals surface area contributed by atoms with E-state index in [1.807, 2.05) is 43.9 Å². The van der Waals surface area contributed by atoms with E-state index in [0.717, 1.165) is 82.4 Å². The van der Waals surface area contributed by atoms with E-state index in [0.29, 0.717) is 43.1 Å². The number of para-hydroxylation sites is 1. The minimum absolute atomic E-state index is 0.159. The lowest BCUT2D eigenvalue weighted by molar-refractivity contribution is -0.153. The second-order valence-corrected chi connectivity index (χ2v) is 16.2. The number of aromatic nitrogens is 2. The van der Waals surface area contributed by atoms with Gasteiger partial charge in [-0.1, -0.05) is 12.1 Å². The molecule has 0 unspecified atom stereocenters. The van der Waals surface area contributed by atoms with Crippen LogP contribution in [0.5, 0.6) is 5.75 Å². The molecule has 2 N–H and O–H groups in total. The molecule has 274 valence electrons. The number of carbonyl (C=O) groups excluding carboxylic acids is 1. The number of rotatable bonds is 9. The van der Waals surface area contributed by atoms with Crippen LogP contribution in [0.1, 0.15) is 66.2 Å². The number of hydrogen-bond acceptors (Lipinski definition) is 11. The van der Waals surface area contributed by atoms with E-state index in [1.54, 1.807) is 6.07 Å². The monoisotopic (exact) mass is 691 g/mol. The standard InChI is InChI=1S/C38H57N7O5/c1-5-39-35-33(22-32(40-41-35)31-8-6-7-9-34(31)46)45-18-19-48-38(26-45)24-42(25-38)23-27-10-14-43(15-11-27)28-20-30(21-28)49-29-12-16-44(17-13-29)36(47)50-37(2,3)4/h6-9,22,27-30,46H,5,10-21,23-26H2,1-4H3,(H,39,41). The number of morpholine rings is 1. The van der Waals surface area contributed by atoms with Crippen molar-refractivity contribution >= 4 is 17.6 Å². The first-order valence-electron chi connectivity index (χ1n) is 18.9. The van der Waals surface area contributed by atoms with Crippen molar-refractivity contribution in [2.75, 3.05) is 82.3 Å². The lowest BCUT2D eigenvalue weighted by Crippen LogP contribution is -2.70. The van der Waals surface area contributed by atoms with Crippen LogP contribution in [0.25, 0.3) is 11.3 Å². The zero-order chi connectivity index (χ0) is 34.9. The fraction of sp³-hybridized carbons (Fsp3) is 0.711. The van der Waals surface area contributed by atoms with Gasteiger partial charge in [-0.25, -0.2) is 4.79 Å². The Bertz CT molecular complexity index is 1460. The van der Waals surface area contributed by atoms with Crippen molar-refractivity contribution in [1.29, 1.82) is 0 Å². The Morgan fingerprint density at radius 3 is 2.44 bits per heavy atom. The minimum atomic E-state index is -0.455. The van der Waals surface area contributed by atoms with Crippen LogP contribution in [0.2, 0.25) is 0 Å². The molecule has 2 aromatic rings. The Morgan fingerprint density at radius 2 is 1.74 bits per heavy atom. The van der Waals surface area contributed by atoms with Crippen LogP contribution in [0, 0.1) is 5.92 Å². The first-order chi connectivity index (χ1) is 24.1. The van der Waals surface area contributed by atoms with Gasteiger partial charge >= 0.3 is 6.09 Å². The highest BCUT2D eigenvalue weighted by Gasteiger charge is 2.48. The molecule has 12 nitrogen and oxygen atoms in total. The zero-order valence-electron chi connectivity index (χ0n) is 30.5. The van der Waals surface area contributed by atoms with Gasteiger partial charge in [-0.15, -0.1) is 10.2 Å². The Balaban J connectivity index is 0.828. The average molecular weight is 692 g/mol. The van der Waals surface area contributed by atoms with Crippen LogP contribution in [0.15, 0.2) is 30.3 Å². The second kappa shape index (κ2) is 14.8. The first-order valence-corrected chi connectivity index (χ1v) is 18.9. The number of nitrogens with zero attached hydrogens (tertiary/aromatic N) is 6. The van der Waals surface area contributed by atoms with Gasteiger partial charge in [0.05, 0.1) is 30.2 Å². The fourth-order valence-corrected chi connectivity index (χ4v) is 8.46. The van der Waals surface area contributed by atoms with Crippen molar-refractivity contribution in [3.63, 3.8) is 0 Å². The number of nitrogens with one attached hydrogen (secondary N) is 1. The van der Waals surface area contributed by atoms with E-state index in [2.05, 4.69) is 43.2 Å². The maximum atomic E-state index is 12.4. The van der Waals surface area contributed by atoms with E-state index in [-0.39, 0.29) is 23.5 Å². The zero-order valence-corrected chi connectivity index (χ0v) is 30.5. The molecule has 4 saturated heterocycles. The Hall–Kier alpha value is -3.19. The molecule has 1 aliphatic carbocycles. The summed E-state index contributed by atoms with van der Waals surface area (Å²) in [5, 5.41) is 22.8. The Kier molecular flexibility index (Phi) is 10.4. The van der Waals surface area contributed by atoms with Crippen LogP contribution in [0.3, 0.4) is 0 Å². The van der Waals surface area contributed by atoms with Gasteiger partial charge in [-0.3, -0.25) is 4.90 Å². The number of piperidine rings is 2. The van der Waals surface area contributed by atoms with Gasteiger partial charge in [0.1, 0.15) is 17.0 Å². The molecule has 5 aliphatic rings. The molecule has 1 amide bonds. The molecule has 4 aliphatic heterocycles. The van der Waals surface area contributed by atoms with Crippen molar-refractivity contribution in [3.05, 3.63) is 30.3 Å². The number of phenols is 1. The minimum Gasteiger partial charge on any atom is -0.507 e. The van der Waals surface area contributed by atoms with Gasteiger partial charge in [-0.05, 0) is 103 Å². The molecule has 0 atom stereocenters. The molecule has 1 aromatic carbocycles. The summed E-state index contributed by atoms with van der Waals surface area (Å²) in [6.07, 6.45) is 6.98. The van der Waals surface area contributed by atoms with E-state index in [4.69, 9.17) is 14.2 Å². The molecule has 50 heavy (non-hydrogen) atoms. The number of phenolic OH excluding ortho intramolecular Hbond substituents is 1. The summed E-state index contributed by atoms with van der Waals surface area (Å²) in [4.78, 5) is 21.9. The van der Waals surface area contributed by atoms with Crippen molar-refractivity contribution in [2.24, 2.45) is 5.92 Å². The summed E-state index contributed by atoms with van der Waals surface area (Å²) in [7, 11) is 0. The number of hydrogen-bond donors (Lipinski definition) is 2. The third-order valence-electron chi connectivity index (χ3n) is 11.1. The maximum absolute atomic E-state index is 12.4. The predicted octanol–water partition coefficient (Wildman–Crippen LogP) is 4.83. The number of amides is 1. The summed E-state index contributed by atoms with van der Waals surface area (Å²) in [5.74, 6) is 1.72. The van der Waals surface area contributed by atoms with E-state index in [9.17, 15) is 9.90 Å². The molecule has 1 aromatic heterocycles. The highest BCUT2D eigenvalue weighted by molar-refractivity contribution is 5.75. The number of likely N-dealkylation sites (tertiary alicyclic amines) is 3. The van der Waals surface area contributed by atoms with Crippen LogP contribution < -0.4 is 10.2 Å². The lowest BCUT2D eigenvalue weighted by atomic mass is 9.84. The summed E-state index contributed by atoms with van der Waals surface area (Å²) in [6.45, 7) is 17.7. The van der Waals surface area contributed by atoms with E-state index in [1.165, 1.54) is 25.9 Å². The van der Waals surface area contributed by atoms with Gasteiger partial charge in [0.2, 0.25) is 0 Å². The molecule has 0 radical (unpaired) electrons. The number of anilines is 2. The normalized spacial score (nSPS) is 25.3. The third-order valence-corrected chi connectivity index (χ3v) is 11.1. The van der Waals surface area contributed by atoms with Crippen LogP contribution in [-0.2, 0) is 14.2 Å². The van der Waals surface area contributed by atoms with Crippen LogP contribution in [0.4, 0.5) is 16.3 Å². The number of ether oxygens (including phenoxy) is 3. The SMILES string of the molecule is CCNc1nnc(-c2ccccc2O)cc1N1CCOC2(CN(CC3CCN(C4CC(OC5CCN(C(=O)OC(C)(C)C)CC5)C4)CC3)C2)C1. The highest BCUT2D eigenvalue weighted by Crippen LogP contribution is 2.38. The number of carbonyl (C=O) groups is 1. The van der Waals surface area contributed by atoms with Crippen molar-refractivity contribution < 1.29 is 24.1 Å². The van der Waals surface area contributed by atoms with E-state index < -0.39 is 5.60 Å². The Labute approximate surface area is 297 Å². The van der Waals surface area contributed by atoms with E-state index >= 15 is 0 Å². The molecular formula is C38H57N7O5. The molecule has 5 heterocycles.